The first-order valence-corrected chi connectivity index (χ1v) is 8.02. The van der Waals surface area contributed by atoms with Crippen LogP contribution in [0.4, 0.5) is 5.82 Å². The Hall–Kier alpha value is -3.48. The zero-order valence-electron chi connectivity index (χ0n) is 14.4. The SMILES string of the molecule is Cc1ccc(-c2cncc(C(=O)Nc3cc(C)nn3CC(=O)O)c2)cc1. The average molecular weight is 350 g/mol. The monoisotopic (exact) mass is 350 g/mol. The molecule has 0 bridgehead atoms. The van der Waals surface area contributed by atoms with Crippen LogP contribution in [0.3, 0.4) is 0 Å². The Morgan fingerprint density at radius 3 is 2.50 bits per heavy atom. The summed E-state index contributed by atoms with van der Waals surface area (Å²) in [7, 11) is 0. The van der Waals surface area contributed by atoms with Crippen molar-refractivity contribution in [3.63, 3.8) is 0 Å². The Morgan fingerprint density at radius 2 is 1.81 bits per heavy atom. The van der Waals surface area contributed by atoms with E-state index in [4.69, 9.17) is 5.11 Å². The molecule has 0 saturated carbocycles. The number of aliphatic carboxylic acids is 1. The minimum absolute atomic E-state index is 0.328. The number of hydrogen-bond acceptors (Lipinski definition) is 4. The molecule has 0 saturated heterocycles. The number of pyridine rings is 1. The van der Waals surface area contributed by atoms with Crippen molar-refractivity contribution < 1.29 is 14.7 Å². The summed E-state index contributed by atoms with van der Waals surface area (Å²) in [6.07, 6.45) is 3.16. The van der Waals surface area contributed by atoms with E-state index in [1.54, 1.807) is 25.3 Å². The summed E-state index contributed by atoms with van der Waals surface area (Å²) in [5.41, 5.74) is 3.94. The predicted molar refractivity (Wildman–Crippen MR) is 97.0 cm³/mol. The van der Waals surface area contributed by atoms with Crippen molar-refractivity contribution in [3.05, 3.63) is 65.6 Å². The third kappa shape index (κ3) is 3.94. The van der Waals surface area contributed by atoms with Gasteiger partial charge in [-0.05, 0) is 25.5 Å². The Balaban J connectivity index is 1.84. The van der Waals surface area contributed by atoms with E-state index in [-0.39, 0.29) is 12.5 Å². The van der Waals surface area contributed by atoms with Crippen LogP contribution in [0.5, 0.6) is 0 Å². The third-order valence-electron chi connectivity index (χ3n) is 3.81. The van der Waals surface area contributed by atoms with Crippen LogP contribution in [0.25, 0.3) is 11.1 Å². The first-order valence-electron chi connectivity index (χ1n) is 8.02. The molecule has 132 valence electrons. The van der Waals surface area contributed by atoms with E-state index >= 15 is 0 Å². The Labute approximate surface area is 150 Å². The van der Waals surface area contributed by atoms with Crippen LogP contribution in [0.15, 0.2) is 48.8 Å². The van der Waals surface area contributed by atoms with Crippen molar-refractivity contribution in [2.24, 2.45) is 0 Å². The highest BCUT2D eigenvalue weighted by Crippen LogP contribution is 2.20. The van der Waals surface area contributed by atoms with E-state index in [9.17, 15) is 9.59 Å². The van der Waals surface area contributed by atoms with E-state index in [1.807, 2.05) is 31.2 Å². The lowest BCUT2D eigenvalue weighted by atomic mass is 10.0. The highest BCUT2D eigenvalue weighted by Gasteiger charge is 2.14. The molecular weight excluding hydrogens is 332 g/mol. The summed E-state index contributed by atoms with van der Waals surface area (Å²) >= 11 is 0. The number of nitrogens with one attached hydrogen (secondary N) is 1. The lowest BCUT2D eigenvalue weighted by molar-refractivity contribution is -0.137. The smallest absolute Gasteiger partial charge is 0.325 e. The second-order valence-electron chi connectivity index (χ2n) is 6.00. The molecule has 26 heavy (non-hydrogen) atoms. The van der Waals surface area contributed by atoms with Gasteiger partial charge in [0.05, 0.1) is 11.3 Å². The fraction of sp³-hybridized carbons (Fsp3) is 0.158. The topological polar surface area (TPSA) is 97.1 Å². The summed E-state index contributed by atoms with van der Waals surface area (Å²) in [4.78, 5) is 27.6. The van der Waals surface area contributed by atoms with Crippen LogP contribution in [0.2, 0.25) is 0 Å². The van der Waals surface area contributed by atoms with Crippen LogP contribution < -0.4 is 5.32 Å². The van der Waals surface area contributed by atoms with Crippen molar-refractivity contribution in [2.45, 2.75) is 20.4 Å². The van der Waals surface area contributed by atoms with Gasteiger partial charge in [-0.1, -0.05) is 29.8 Å². The van der Waals surface area contributed by atoms with Crippen molar-refractivity contribution in [2.75, 3.05) is 5.32 Å². The minimum Gasteiger partial charge on any atom is -0.480 e. The normalized spacial score (nSPS) is 10.5. The van der Waals surface area contributed by atoms with Crippen molar-refractivity contribution in [1.82, 2.24) is 14.8 Å². The summed E-state index contributed by atoms with van der Waals surface area (Å²) in [5.74, 6) is -1.08. The van der Waals surface area contributed by atoms with E-state index in [2.05, 4.69) is 15.4 Å². The van der Waals surface area contributed by atoms with Crippen LogP contribution in [0, 0.1) is 13.8 Å². The molecule has 2 aromatic heterocycles. The molecule has 1 aromatic carbocycles. The molecule has 0 atom stereocenters. The number of aromatic nitrogens is 3. The van der Waals surface area contributed by atoms with Gasteiger partial charge in [-0.3, -0.25) is 14.6 Å². The van der Waals surface area contributed by atoms with Gasteiger partial charge in [-0.2, -0.15) is 5.10 Å². The zero-order chi connectivity index (χ0) is 18.7. The maximum atomic E-state index is 12.6. The second-order valence-corrected chi connectivity index (χ2v) is 6.00. The van der Waals surface area contributed by atoms with E-state index in [0.717, 1.165) is 16.7 Å². The molecule has 0 aliphatic rings. The van der Waals surface area contributed by atoms with Crippen molar-refractivity contribution in [3.8, 4) is 11.1 Å². The molecule has 3 rings (SSSR count). The molecule has 1 amide bonds. The molecule has 0 aliphatic heterocycles. The van der Waals surface area contributed by atoms with Gasteiger partial charge in [0.25, 0.3) is 5.91 Å². The van der Waals surface area contributed by atoms with Gasteiger partial charge in [-0.25, -0.2) is 4.68 Å². The van der Waals surface area contributed by atoms with Gasteiger partial charge in [0.2, 0.25) is 0 Å². The van der Waals surface area contributed by atoms with Gasteiger partial charge in [0, 0.05) is 24.0 Å². The molecule has 3 aromatic rings. The predicted octanol–water partition coefficient (Wildman–Crippen LogP) is 2.90. The number of carbonyl (C=O) groups is 2. The molecule has 0 aliphatic carbocycles. The van der Waals surface area contributed by atoms with Crippen molar-refractivity contribution >= 4 is 17.7 Å². The summed E-state index contributed by atoms with van der Waals surface area (Å²) < 4.78 is 1.24. The average Bonchev–Trinajstić information content (AvgIpc) is 2.94. The number of nitrogens with zero attached hydrogens (tertiary/aromatic N) is 3. The quantitative estimate of drug-likeness (QED) is 0.737. The molecule has 2 N–H and O–H groups in total. The maximum Gasteiger partial charge on any atom is 0.325 e. The Bertz CT molecular complexity index is 961. The highest BCUT2D eigenvalue weighted by atomic mass is 16.4. The standard InChI is InChI=1S/C19H18N4O3/c1-12-3-5-14(6-4-12)15-8-16(10-20-9-15)19(26)21-17-7-13(2)22-23(17)11-18(24)25/h3-10H,11H2,1-2H3,(H,21,26)(H,24,25). The summed E-state index contributed by atoms with van der Waals surface area (Å²) in [6, 6.07) is 11.3. The molecule has 0 radical (unpaired) electrons. The molecule has 2 heterocycles. The molecule has 7 nitrogen and oxygen atoms in total. The van der Waals surface area contributed by atoms with Crippen LogP contribution in [-0.2, 0) is 11.3 Å². The second kappa shape index (κ2) is 7.18. The lowest BCUT2D eigenvalue weighted by Gasteiger charge is -2.08. The number of rotatable bonds is 5. The summed E-state index contributed by atoms with van der Waals surface area (Å²) in [6.45, 7) is 3.41. The third-order valence-corrected chi connectivity index (χ3v) is 3.81. The van der Waals surface area contributed by atoms with Crippen molar-refractivity contribution in [1.29, 1.82) is 0 Å². The number of amides is 1. The Morgan fingerprint density at radius 1 is 1.08 bits per heavy atom. The summed E-state index contributed by atoms with van der Waals surface area (Å²) in [5, 5.41) is 15.7. The number of benzene rings is 1. The van der Waals surface area contributed by atoms with Crippen LogP contribution >= 0.6 is 0 Å². The largest absolute Gasteiger partial charge is 0.480 e. The number of hydrogen-bond donors (Lipinski definition) is 2. The lowest BCUT2D eigenvalue weighted by Crippen LogP contribution is -2.18. The molecule has 0 unspecified atom stereocenters. The van der Waals surface area contributed by atoms with E-state index < -0.39 is 5.97 Å². The number of aryl methyl sites for hydroxylation is 2. The fourth-order valence-corrected chi connectivity index (χ4v) is 2.55. The van der Waals surface area contributed by atoms with Crippen LogP contribution in [-0.4, -0.2) is 31.7 Å². The van der Waals surface area contributed by atoms with Gasteiger partial charge in [-0.15, -0.1) is 0 Å². The minimum atomic E-state index is -1.04. The first-order chi connectivity index (χ1) is 12.4. The van der Waals surface area contributed by atoms with Gasteiger partial charge in [0.15, 0.2) is 0 Å². The Kier molecular flexibility index (Phi) is 4.79. The fourth-order valence-electron chi connectivity index (χ4n) is 2.55. The van der Waals surface area contributed by atoms with E-state index in [1.165, 1.54) is 10.9 Å². The van der Waals surface area contributed by atoms with E-state index in [0.29, 0.717) is 17.1 Å². The van der Waals surface area contributed by atoms with Gasteiger partial charge in [0.1, 0.15) is 12.4 Å². The zero-order valence-corrected chi connectivity index (χ0v) is 14.4. The first kappa shape index (κ1) is 17.3. The number of anilines is 1. The van der Waals surface area contributed by atoms with Crippen LogP contribution in [0.1, 0.15) is 21.6 Å². The number of carboxylic acid groups (broad SMARTS) is 1. The van der Waals surface area contributed by atoms with Gasteiger partial charge >= 0.3 is 5.97 Å². The highest BCUT2D eigenvalue weighted by molar-refractivity contribution is 6.04. The maximum absolute atomic E-state index is 12.6. The molecule has 7 heteroatoms. The van der Waals surface area contributed by atoms with Gasteiger partial charge < -0.3 is 10.4 Å². The molecule has 0 spiro atoms. The molecule has 0 fully saturated rings. The number of carboxylic acids is 1. The molecular formula is C19H18N4O3. The number of carbonyl (C=O) groups excluding carboxylic acids is 1.